The van der Waals surface area contributed by atoms with Crippen LogP contribution in [0.1, 0.15) is 51.8 Å². The second kappa shape index (κ2) is 13.8. The van der Waals surface area contributed by atoms with Crippen molar-refractivity contribution in [1.82, 2.24) is 10.2 Å². The molecule has 0 bridgehead atoms. The molecule has 46 heavy (non-hydrogen) atoms. The molecule has 0 fully saturated rings. The largest absolute Gasteiger partial charge is 0.456 e. The van der Waals surface area contributed by atoms with Gasteiger partial charge in [0.2, 0.25) is 17.5 Å². The summed E-state index contributed by atoms with van der Waals surface area (Å²) in [4.78, 5) is 108. The van der Waals surface area contributed by atoms with Gasteiger partial charge in [0.25, 0.3) is 23.2 Å². The smallest absolute Gasteiger partial charge is 0.338 e. The van der Waals surface area contributed by atoms with Crippen LogP contribution in [-0.4, -0.2) is 82.3 Å². The zero-order chi connectivity index (χ0) is 33.5. The Kier molecular flexibility index (Phi) is 9.65. The van der Waals surface area contributed by atoms with E-state index in [-0.39, 0.29) is 39.2 Å². The molecule has 1 aliphatic heterocycles. The predicted molar refractivity (Wildman–Crippen MR) is 151 cm³/mol. The number of non-ortho nitro benzene ring substituents is 2. The number of nitrogens with zero attached hydrogens (tertiary/aromatic N) is 3. The molecule has 3 aromatic rings. The number of benzene rings is 3. The predicted octanol–water partition coefficient (Wildman–Crippen LogP) is 1.68. The Labute approximate surface area is 257 Å². The van der Waals surface area contributed by atoms with Gasteiger partial charge in [-0.15, -0.1) is 0 Å². The van der Waals surface area contributed by atoms with Crippen molar-refractivity contribution in [3.63, 3.8) is 0 Å². The summed E-state index contributed by atoms with van der Waals surface area (Å²) >= 11 is 0. The first-order valence-electron chi connectivity index (χ1n) is 13.0. The first-order chi connectivity index (χ1) is 21.8. The number of Topliss-reactive ketones (excluding diaryl/α,β-unsaturated/α-hetero) is 2. The molecule has 0 aromatic heterocycles. The topological polar surface area (TPSA) is 239 Å². The molecule has 0 saturated heterocycles. The van der Waals surface area contributed by atoms with Crippen molar-refractivity contribution in [2.24, 2.45) is 0 Å². The molecule has 1 N–H and O–H groups in total. The molecular formula is C29H20N4O13. The van der Waals surface area contributed by atoms with Crippen molar-refractivity contribution in [2.75, 3.05) is 26.3 Å². The van der Waals surface area contributed by atoms with Crippen molar-refractivity contribution in [1.29, 1.82) is 0 Å². The maximum Gasteiger partial charge on any atom is 0.338 e. The van der Waals surface area contributed by atoms with E-state index in [0.717, 1.165) is 24.3 Å². The van der Waals surface area contributed by atoms with Crippen LogP contribution in [0.5, 0.6) is 0 Å². The molecule has 1 heterocycles. The first kappa shape index (κ1) is 32.3. The lowest BCUT2D eigenvalue weighted by Gasteiger charge is -2.13. The third-order valence-electron chi connectivity index (χ3n) is 6.39. The number of amides is 3. The lowest BCUT2D eigenvalue weighted by molar-refractivity contribution is -0.385. The number of nitro groups is 2. The van der Waals surface area contributed by atoms with Crippen LogP contribution in [0.15, 0.2) is 66.7 Å². The van der Waals surface area contributed by atoms with E-state index in [2.05, 4.69) is 5.32 Å². The van der Waals surface area contributed by atoms with Crippen LogP contribution in [0.4, 0.5) is 11.4 Å². The van der Waals surface area contributed by atoms with Crippen LogP contribution in [0, 0.1) is 20.2 Å². The molecule has 0 spiro atoms. The highest BCUT2D eigenvalue weighted by Crippen LogP contribution is 2.24. The summed E-state index contributed by atoms with van der Waals surface area (Å²) in [6.07, 6.45) is 0. The van der Waals surface area contributed by atoms with Gasteiger partial charge >= 0.3 is 11.9 Å². The van der Waals surface area contributed by atoms with Gasteiger partial charge in [-0.25, -0.2) is 4.79 Å². The molecule has 0 radical (unpaired) electrons. The van der Waals surface area contributed by atoms with E-state index < -0.39 is 77.4 Å². The summed E-state index contributed by atoms with van der Waals surface area (Å²) in [6, 6.07) is 12.9. The molecule has 0 aliphatic carbocycles. The van der Waals surface area contributed by atoms with E-state index in [0.29, 0.717) is 4.90 Å². The van der Waals surface area contributed by atoms with Crippen LogP contribution >= 0.6 is 0 Å². The average molecular weight is 632 g/mol. The molecule has 3 amide bonds. The highest BCUT2D eigenvalue weighted by Gasteiger charge is 2.37. The molecule has 1 aliphatic rings. The van der Waals surface area contributed by atoms with Gasteiger partial charge < -0.3 is 14.8 Å². The third kappa shape index (κ3) is 7.46. The van der Waals surface area contributed by atoms with Crippen molar-refractivity contribution >= 4 is 52.6 Å². The number of hydrogen-bond acceptors (Lipinski definition) is 13. The number of esters is 2. The fourth-order valence-corrected chi connectivity index (χ4v) is 4.10. The number of carbonyl (C=O) groups is 7. The monoisotopic (exact) mass is 632 g/mol. The maximum absolute atomic E-state index is 12.9. The molecule has 4 rings (SSSR count). The van der Waals surface area contributed by atoms with E-state index >= 15 is 0 Å². The molecule has 17 heteroatoms. The zero-order valence-electron chi connectivity index (χ0n) is 23.3. The number of nitro benzene ring substituents is 2. The molecule has 0 atom stereocenters. The summed E-state index contributed by atoms with van der Waals surface area (Å²) in [6.45, 7) is -3.05. The fraction of sp³-hybridized carbons (Fsp3) is 0.138. The normalized spacial score (nSPS) is 11.8. The molecule has 0 unspecified atom stereocenters. The number of rotatable bonds is 13. The van der Waals surface area contributed by atoms with Crippen LogP contribution in [-0.2, 0) is 19.1 Å². The highest BCUT2D eigenvalue weighted by atomic mass is 16.6. The Balaban J connectivity index is 1.27. The van der Waals surface area contributed by atoms with Gasteiger partial charge in [-0.1, -0.05) is 24.3 Å². The Morgan fingerprint density at radius 3 is 1.80 bits per heavy atom. The number of ether oxygens (including phenoxy) is 2. The van der Waals surface area contributed by atoms with Gasteiger partial charge in [0.05, 0.1) is 26.5 Å². The molecule has 3 aromatic carbocycles. The minimum Gasteiger partial charge on any atom is -0.456 e. The van der Waals surface area contributed by atoms with E-state index in [1.165, 1.54) is 42.5 Å². The average Bonchev–Trinajstić information content (AvgIpc) is 3.28. The van der Waals surface area contributed by atoms with Gasteiger partial charge in [0, 0.05) is 35.4 Å². The minimum absolute atomic E-state index is 0.0622. The van der Waals surface area contributed by atoms with Crippen molar-refractivity contribution in [3.8, 4) is 0 Å². The summed E-state index contributed by atoms with van der Waals surface area (Å²) in [5.41, 5.74) is -1.34. The van der Waals surface area contributed by atoms with Crippen LogP contribution in [0.25, 0.3) is 0 Å². The molecule has 17 nitrogen and oxygen atoms in total. The van der Waals surface area contributed by atoms with Gasteiger partial charge in [0.1, 0.15) is 13.1 Å². The second-order valence-electron chi connectivity index (χ2n) is 9.43. The van der Waals surface area contributed by atoms with Crippen LogP contribution in [0.2, 0.25) is 0 Å². The molecular weight excluding hydrogens is 612 g/mol. The fourth-order valence-electron chi connectivity index (χ4n) is 4.10. The summed E-state index contributed by atoms with van der Waals surface area (Å²) in [5, 5.41) is 23.9. The quantitative estimate of drug-likeness (QED) is 0.0928. The molecule has 234 valence electrons. The van der Waals surface area contributed by atoms with Gasteiger partial charge in [-0.3, -0.25) is 53.9 Å². The first-order valence-corrected chi connectivity index (χ1v) is 13.0. The Morgan fingerprint density at radius 2 is 1.24 bits per heavy atom. The lowest BCUT2D eigenvalue weighted by atomic mass is 10.1. The van der Waals surface area contributed by atoms with E-state index in [9.17, 15) is 53.8 Å². The van der Waals surface area contributed by atoms with Gasteiger partial charge in [-0.05, 0) is 18.2 Å². The van der Waals surface area contributed by atoms with E-state index in [1.807, 2.05) is 0 Å². The number of fused-ring (bicyclic) bond motifs is 1. The summed E-state index contributed by atoms with van der Waals surface area (Å²) < 4.78 is 9.73. The maximum atomic E-state index is 12.9. The second-order valence-corrected chi connectivity index (χ2v) is 9.43. The number of imide groups is 1. The standard InChI is InChI=1S/C29H20N4O13/c34-23(16-3-1-5-19(9-16)32(41)42)14-45-26(37)12-30-25(36)13-31-27(38)21-8-7-18(11-22(21)28(31)39)29(40)46-15-24(35)17-4-2-6-20(10-17)33(43)44/h1-11H,12-15H2,(H,30,36). The van der Waals surface area contributed by atoms with Crippen molar-refractivity contribution in [2.45, 2.75) is 0 Å². The number of carbonyl (C=O) groups excluding carboxylic acids is 7. The lowest BCUT2D eigenvalue weighted by Crippen LogP contribution is -2.42. The molecule has 0 saturated carbocycles. The highest BCUT2D eigenvalue weighted by molar-refractivity contribution is 6.23. The Morgan fingerprint density at radius 1 is 0.696 bits per heavy atom. The van der Waals surface area contributed by atoms with Crippen molar-refractivity contribution in [3.05, 3.63) is 115 Å². The zero-order valence-corrected chi connectivity index (χ0v) is 23.3. The van der Waals surface area contributed by atoms with E-state index in [4.69, 9.17) is 9.47 Å². The van der Waals surface area contributed by atoms with Gasteiger partial charge in [-0.2, -0.15) is 0 Å². The third-order valence-corrected chi connectivity index (χ3v) is 6.39. The van der Waals surface area contributed by atoms with E-state index in [1.54, 1.807) is 0 Å². The SMILES string of the molecule is O=C(CN1C(=O)c2ccc(C(=O)OCC(=O)c3cccc([N+](=O)[O-])c3)cc2C1=O)NCC(=O)OCC(=O)c1cccc([N+](=O)[O-])c1. The van der Waals surface area contributed by atoms with Crippen LogP contribution < -0.4 is 5.32 Å². The number of hydrogen-bond donors (Lipinski definition) is 1. The van der Waals surface area contributed by atoms with Crippen molar-refractivity contribution < 1.29 is 52.9 Å². The summed E-state index contributed by atoms with van der Waals surface area (Å²) in [7, 11) is 0. The Bertz CT molecular complexity index is 1830. The number of nitrogens with one attached hydrogen (secondary N) is 1. The van der Waals surface area contributed by atoms with Crippen LogP contribution in [0.3, 0.4) is 0 Å². The Hall–Kier alpha value is -6.65. The minimum atomic E-state index is -1.04. The van der Waals surface area contributed by atoms with Gasteiger partial charge in [0.15, 0.2) is 13.2 Å². The summed E-state index contributed by atoms with van der Waals surface area (Å²) in [5.74, 6) is -6.24. The number of ketones is 2.